The first kappa shape index (κ1) is 21.3. The highest BCUT2D eigenvalue weighted by Gasteiger charge is 2.31. The molecular weight excluding hydrogens is 373 g/mol. The van der Waals surface area contributed by atoms with E-state index in [1.54, 1.807) is 25.7 Å². The monoisotopic (exact) mass is 399 g/mol. The molecule has 0 bridgehead atoms. The van der Waals surface area contributed by atoms with Crippen LogP contribution in [0.5, 0.6) is 0 Å². The lowest BCUT2D eigenvalue weighted by atomic mass is 9.96. The van der Waals surface area contributed by atoms with Gasteiger partial charge in [0, 0.05) is 44.6 Å². The smallest absolute Gasteiger partial charge is 0.246 e. The van der Waals surface area contributed by atoms with E-state index in [9.17, 15) is 22.4 Å². The molecule has 0 aromatic heterocycles. The Balaban J connectivity index is 1.87. The number of carbonyl (C=O) groups is 2. The molecule has 1 saturated heterocycles. The molecule has 1 heterocycles. The molecule has 1 fully saturated rings. The highest BCUT2D eigenvalue weighted by molar-refractivity contribution is 7.89. The van der Waals surface area contributed by atoms with Crippen LogP contribution < -0.4 is 5.32 Å². The summed E-state index contributed by atoms with van der Waals surface area (Å²) in [5, 5.41) is 2.72. The first-order valence-electron chi connectivity index (χ1n) is 8.84. The molecule has 1 aromatic carbocycles. The average molecular weight is 399 g/mol. The van der Waals surface area contributed by atoms with Gasteiger partial charge in [-0.25, -0.2) is 12.8 Å². The van der Waals surface area contributed by atoms with E-state index in [2.05, 4.69) is 5.32 Å². The number of nitrogens with zero attached hydrogens (tertiary/aromatic N) is 2. The van der Waals surface area contributed by atoms with Crippen molar-refractivity contribution >= 4 is 21.8 Å². The maximum Gasteiger partial charge on any atom is 0.246 e. The number of rotatable bonds is 5. The molecule has 0 saturated carbocycles. The van der Waals surface area contributed by atoms with Crippen molar-refractivity contribution < 1.29 is 22.4 Å². The van der Waals surface area contributed by atoms with Crippen LogP contribution >= 0.6 is 0 Å². The predicted octanol–water partition coefficient (Wildman–Crippen LogP) is 1.21. The Morgan fingerprint density at radius 3 is 2.26 bits per heavy atom. The lowest BCUT2D eigenvalue weighted by Crippen LogP contribution is -2.51. The highest BCUT2D eigenvalue weighted by atomic mass is 32.2. The number of sulfonamides is 1. The third-order valence-corrected chi connectivity index (χ3v) is 6.28. The molecule has 7 nitrogen and oxygen atoms in total. The molecule has 0 unspecified atom stereocenters. The van der Waals surface area contributed by atoms with Gasteiger partial charge < -0.3 is 10.2 Å². The van der Waals surface area contributed by atoms with Gasteiger partial charge in [0.1, 0.15) is 10.7 Å². The van der Waals surface area contributed by atoms with E-state index in [-0.39, 0.29) is 55.9 Å². The second-order valence-corrected chi connectivity index (χ2v) is 9.38. The second kappa shape index (κ2) is 8.35. The minimum atomic E-state index is -3.92. The van der Waals surface area contributed by atoms with E-state index >= 15 is 0 Å². The standard InChI is InChI=1S/C18H26FN3O4S/c1-18(2,3)17(24)20-9-8-16(23)21-10-12-22(13-11-21)27(25,26)15-7-5-4-6-14(15)19/h4-7H,8-13H2,1-3H3,(H,20,24). The SMILES string of the molecule is CC(C)(C)C(=O)NCCC(=O)N1CCN(S(=O)(=O)c2ccccc2F)CC1. The third-order valence-electron chi connectivity index (χ3n) is 4.35. The van der Waals surface area contributed by atoms with E-state index in [1.165, 1.54) is 22.5 Å². The first-order valence-corrected chi connectivity index (χ1v) is 10.3. The topological polar surface area (TPSA) is 86.8 Å². The summed E-state index contributed by atoms with van der Waals surface area (Å²) >= 11 is 0. The zero-order chi connectivity index (χ0) is 20.2. The van der Waals surface area contributed by atoms with Crippen molar-refractivity contribution in [2.24, 2.45) is 5.41 Å². The van der Waals surface area contributed by atoms with Gasteiger partial charge in [0.15, 0.2) is 0 Å². The number of halogens is 1. The first-order chi connectivity index (χ1) is 12.5. The fourth-order valence-corrected chi connectivity index (χ4v) is 4.16. The fourth-order valence-electron chi connectivity index (χ4n) is 2.68. The molecule has 2 rings (SSSR count). The summed E-state index contributed by atoms with van der Waals surface area (Å²) in [5.74, 6) is -1.06. The molecule has 1 aliphatic heterocycles. The van der Waals surface area contributed by atoms with Gasteiger partial charge in [-0.2, -0.15) is 4.31 Å². The van der Waals surface area contributed by atoms with Crippen molar-refractivity contribution in [3.05, 3.63) is 30.1 Å². The molecule has 1 N–H and O–H groups in total. The summed E-state index contributed by atoms with van der Waals surface area (Å²) in [6, 6.07) is 5.25. The lowest BCUT2D eigenvalue weighted by Gasteiger charge is -2.34. The van der Waals surface area contributed by atoms with Crippen LogP contribution in [0, 0.1) is 11.2 Å². The number of amides is 2. The summed E-state index contributed by atoms with van der Waals surface area (Å²) in [6.45, 7) is 6.30. The molecule has 1 aliphatic rings. The summed E-state index contributed by atoms with van der Waals surface area (Å²) < 4.78 is 40.1. The number of nitrogens with one attached hydrogen (secondary N) is 1. The van der Waals surface area contributed by atoms with Gasteiger partial charge >= 0.3 is 0 Å². The van der Waals surface area contributed by atoms with Crippen LogP contribution in [0.1, 0.15) is 27.2 Å². The van der Waals surface area contributed by atoms with Crippen LogP contribution in [0.2, 0.25) is 0 Å². The molecule has 1 aromatic rings. The van der Waals surface area contributed by atoms with Crippen LogP contribution in [-0.4, -0.2) is 62.2 Å². The minimum Gasteiger partial charge on any atom is -0.355 e. The van der Waals surface area contributed by atoms with Crippen LogP contribution in [0.3, 0.4) is 0 Å². The number of carbonyl (C=O) groups excluding carboxylic acids is 2. The molecule has 9 heteroatoms. The second-order valence-electron chi connectivity index (χ2n) is 7.47. The molecule has 0 radical (unpaired) electrons. The van der Waals surface area contributed by atoms with Gasteiger partial charge in [-0.1, -0.05) is 32.9 Å². The normalized spacial score (nSPS) is 16.2. The number of hydrogen-bond acceptors (Lipinski definition) is 4. The van der Waals surface area contributed by atoms with E-state index in [0.29, 0.717) is 0 Å². The van der Waals surface area contributed by atoms with E-state index < -0.39 is 21.3 Å². The molecule has 27 heavy (non-hydrogen) atoms. The highest BCUT2D eigenvalue weighted by Crippen LogP contribution is 2.20. The van der Waals surface area contributed by atoms with Crippen LogP contribution in [0.4, 0.5) is 4.39 Å². The van der Waals surface area contributed by atoms with Crippen LogP contribution in [0.15, 0.2) is 29.2 Å². The van der Waals surface area contributed by atoms with Crippen molar-refractivity contribution in [1.82, 2.24) is 14.5 Å². The molecular formula is C18H26FN3O4S. The minimum absolute atomic E-state index is 0.108. The lowest BCUT2D eigenvalue weighted by molar-refractivity contribution is -0.132. The van der Waals surface area contributed by atoms with E-state index in [1.807, 2.05) is 0 Å². The van der Waals surface area contributed by atoms with Gasteiger partial charge in [0.25, 0.3) is 0 Å². The largest absolute Gasteiger partial charge is 0.355 e. The number of hydrogen-bond donors (Lipinski definition) is 1. The number of piperazine rings is 1. The number of benzene rings is 1. The van der Waals surface area contributed by atoms with Crippen molar-refractivity contribution in [1.29, 1.82) is 0 Å². The maximum atomic E-state index is 13.8. The summed E-state index contributed by atoms with van der Waals surface area (Å²) in [4.78, 5) is 25.3. The average Bonchev–Trinajstić information content (AvgIpc) is 2.61. The zero-order valence-electron chi connectivity index (χ0n) is 15.9. The summed E-state index contributed by atoms with van der Waals surface area (Å²) in [6.07, 6.45) is 0.155. The van der Waals surface area contributed by atoms with E-state index in [4.69, 9.17) is 0 Å². The Labute approximate surface area is 159 Å². The Bertz CT molecular complexity index is 797. The zero-order valence-corrected chi connectivity index (χ0v) is 16.7. The van der Waals surface area contributed by atoms with Crippen molar-refractivity contribution in [3.8, 4) is 0 Å². The third kappa shape index (κ3) is 5.26. The van der Waals surface area contributed by atoms with Crippen molar-refractivity contribution in [2.75, 3.05) is 32.7 Å². The fraction of sp³-hybridized carbons (Fsp3) is 0.556. The summed E-state index contributed by atoms with van der Waals surface area (Å²) in [5.41, 5.74) is -0.518. The van der Waals surface area contributed by atoms with Gasteiger partial charge in [0.05, 0.1) is 0 Å². The van der Waals surface area contributed by atoms with Gasteiger partial charge in [-0.05, 0) is 12.1 Å². The Morgan fingerprint density at radius 2 is 1.70 bits per heavy atom. The van der Waals surface area contributed by atoms with Crippen LogP contribution in [-0.2, 0) is 19.6 Å². The predicted molar refractivity (Wildman–Crippen MR) is 98.8 cm³/mol. The van der Waals surface area contributed by atoms with Crippen molar-refractivity contribution in [3.63, 3.8) is 0 Å². The molecule has 2 amide bonds. The summed E-state index contributed by atoms with van der Waals surface area (Å²) in [7, 11) is -3.92. The van der Waals surface area contributed by atoms with Gasteiger partial charge in [0.2, 0.25) is 21.8 Å². The molecule has 0 spiro atoms. The van der Waals surface area contributed by atoms with Crippen LogP contribution in [0.25, 0.3) is 0 Å². The quantitative estimate of drug-likeness (QED) is 0.806. The van der Waals surface area contributed by atoms with Gasteiger partial charge in [-0.3, -0.25) is 9.59 Å². The molecule has 150 valence electrons. The Kier molecular flexibility index (Phi) is 6.59. The van der Waals surface area contributed by atoms with E-state index in [0.717, 1.165) is 6.07 Å². The Morgan fingerprint density at radius 1 is 1.11 bits per heavy atom. The van der Waals surface area contributed by atoms with Gasteiger partial charge in [-0.15, -0.1) is 0 Å². The maximum absolute atomic E-state index is 13.8. The Hall–Kier alpha value is -2.00. The molecule has 0 atom stereocenters. The van der Waals surface area contributed by atoms with Crippen molar-refractivity contribution in [2.45, 2.75) is 32.1 Å². The molecule has 0 aliphatic carbocycles.